The highest BCUT2D eigenvalue weighted by Gasteiger charge is 2.60. The molecule has 166 valence electrons. The van der Waals surface area contributed by atoms with Gasteiger partial charge in [-0.1, -0.05) is 25.8 Å². The fourth-order valence-electron chi connectivity index (χ4n) is 8.11. The molecular formula is C26H35N3O2. The minimum absolute atomic E-state index is 0.0710. The maximum absolute atomic E-state index is 13.3. The number of pyridine rings is 1. The van der Waals surface area contributed by atoms with Gasteiger partial charge in [0.2, 0.25) is 11.8 Å². The average molecular weight is 422 g/mol. The lowest BCUT2D eigenvalue weighted by Gasteiger charge is -2.59. The summed E-state index contributed by atoms with van der Waals surface area (Å²) in [4.78, 5) is 32.4. The number of hydrogen-bond acceptors (Lipinski definition) is 3. The predicted molar refractivity (Wildman–Crippen MR) is 121 cm³/mol. The van der Waals surface area contributed by atoms with E-state index >= 15 is 0 Å². The summed E-state index contributed by atoms with van der Waals surface area (Å²) >= 11 is 0. The molecule has 0 spiro atoms. The number of fused-ring (bicyclic) bond motifs is 5. The highest BCUT2D eigenvalue weighted by Crippen LogP contribution is 2.65. The lowest BCUT2D eigenvalue weighted by Crippen LogP contribution is -2.57. The van der Waals surface area contributed by atoms with Crippen LogP contribution in [-0.2, 0) is 9.59 Å². The van der Waals surface area contributed by atoms with Crippen molar-refractivity contribution in [2.45, 2.75) is 65.7 Å². The van der Waals surface area contributed by atoms with E-state index in [-0.39, 0.29) is 17.2 Å². The number of carbonyl (C=O) groups is 2. The second kappa shape index (κ2) is 7.18. The van der Waals surface area contributed by atoms with Gasteiger partial charge in [-0.2, -0.15) is 0 Å². The van der Waals surface area contributed by atoms with Gasteiger partial charge in [0.1, 0.15) is 5.92 Å². The van der Waals surface area contributed by atoms with Crippen LogP contribution in [0.15, 0.2) is 35.8 Å². The van der Waals surface area contributed by atoms with Crippen molar-refractivity contribution in [1.82, 2.24) is 9.88 Å². The fourth-order valence-corrected chi connectivity index (χ4v) is 8.11. The van der Waals surface area contributed by atoms with Gasteiger partial charge in [0.25, 0.3) is 0 Å². The summed E-state index contributed by atoms with van der Waals surface area (Å²) < 4.78 is 0. The molecule has 0 bridgehead atoms. The molecule has 0 radical (unpaired) electrons. The average Bonchev–Trinajstić information content (AvgIpc) is 3.13. The van der Waals surface area contributed by atoms with Crippen LogP contribution in [0.2, 0.25) is 0 Å². The van der Waals surface area contributed by atoms with E-state index in [1.165, 1.54) is 43.4 Å². The number of piperidine rings is 1. The van der Waals surface area contributed by atoms with Crippen molar-refractivity contribution in [2.75, 3.05) is 12.4 Å². The number of nitrogens with one attached hydrogen (secondary N) is 1. The van der Waals surface area contributed by atoms with Gasteiger partial charge in [0, 0.05) is 36.2 Å². The topological polar surface area (TPSA) is 62.3 Å². The molecule has 31 heavy (non-hydrogen) atoms. The molecular weight excluding hydrogens is 386 g/mol. The third-order valence-corrected chi connectivity index (χ3v) is 9.38. The van der Waals surface area contributed by atoms with Gasteiger partial charge in [-0.05, 0) is 80.8 Å². The van der Waals surface area contributed by atoms with Crippen molar-refractivity contribution in [3.63, 3.8) is 0 Å². The van der Waals surface area contributed by atoms with E-state index < -0.39 is 5.92 Å². The summed E-state index contributed by atoms with van der Waals surface area (Å²) in [7, 11) is 1.88. The number of carbonyl (C=O) groups excluding carboxylic acids is 2. The monoisotopic (exact) mass is 421 g/mol. The zero-order chi connectivity index (χ0) is 22.0. The Bertz CT molecular complexity index is 941. The standard InChI is InChI=1S/C26H35N3O2/c1-16-14-18-20-6-5-10-25(20,2)11-7-21(18)26(3)15-19(24(31)29(4)22(16)26)23(30)28-17-8-12-27-13-9-17/h8-9,12-13,18-21H,5-7,10-11,14-15H2,1-4H3,(H,27,28,30)/t18-,19?,20-,21+,25-,26+/m0/s1. The van der Waals surface area contributed by atoms with Crippen LogP contribution in [0.5, 0.6) is 0 Å². The number of aromatic nitrogens is 1. The number of likely N-dealkylation sites (tertiary alicyclic amines) is 1. The van der Waals surface area contributed by atoms with Crippen LogP contribution in [0.1, 0.15) is 65.7 Å². The summed E-state index contributed by atoms with van der Waals surface area (Å²) in [5.74, 6) is 1.11. The first-order valence-electron chi connectivity index (χ1n) is 11.9. The Morgan fingerprint density at radius 1 is 1.16 bits per heavy atom. The van der Waals surface area contributed by atoms with Crippen LogP contribution in [0.25, 0.3) is 0 Å². The highest BCUT2D eigenvalue weighted by molar-refractivity contribution is 6.07. The van der Waals surface area contributed by atoms with Crippen LogP contribution in [0.3, 0.4) is 0 Å². The minimum atomic E-state index is -0.643. The Hall–Kier alpha value is -2.17. The lowest BCUT2D eigenvalue weighted by atomic mass is 9.48. The normalized spacial score (nSPS) is 39.6. The van der Waals surface area contributed by atoms with Crippen molar-refractivity contribution < 1.29 is 9.59 Å². The quantitative estimate of drug-likeness (QED) is 0.683. The molecule has 5 rings (SSSR count). The lowest BCUT2D eigenvalue weighted by molar-refractivity contribution is -0.147. The Balaban J connectivity index is 1.48. The Morgan fingerprint density at radius 2 is 1.90 bits per heavy atom. The largest absolute Gasteiger partial charge is 0.325 e. The van der Waals surface area contributed by atoms with Gasteiger partial charge in [-0.15, -0.1) is 0 Å². The maximum Gasteiger partial charge on any atom is 0.239 e. The number of anilines is 1. The molecule has 1 aromatic heterocycles. The third-order valence-electron chi connectivity index (χ3n) is 9.38. The van der Waals surface area contributed by atoms with E-state index in [0.717, 1.165) is 12.3 Å². The smallest absolute Gasteiger partial charge is 0.239 e. The van der Waals surface area contributed by atoms with E-state index in [1.54, 1.807) is 24.5 Å². The molecule has 3 aliphatic carbocycles. The van der Waals surface area contributed by atoms with E-state index in [9.17, 15) is 9.59 Å². The molecule has 5 nitrogen and oxygen atoms in total. The molecule has 1 unspecified atom stereocenters. The first kappa shape index (κ1) is 20.7. The van der Waals surface area contributed by atoms with Crippen LogP contribution in [-0.4, -0.2) is 28.7 Å². The second-order valence-corrected chi connectivity index (χ2v) is 11.1. The highest BCUT2D eigenvalue weighted by atomic mass is 16.2. The van der Waals surface area contributed by atoms with Gasteiger partial charge in [-0.3, -0.25) is 14.6 Å². The Morgan fingerprint density at radius 3 is 2.65 bits per heavy atom. The Kier molecular flexibility index (Phi) is 4.80. The SMILES string of the molecule is CC1=C2N(C)C(=O)C(C(=O)Nc3ccncc3)C[C@]2(C)[C@@H]2CC[C@]3(C)CCC[C@H]3[C@@H]2C1. The summed E-state index contributed by atoms with van der Waals surface area (Å²) in [6, 6.07) is 3.54. The van der Waals surface area contributed by atoms with E-state index in [0.29, 0.717) is 29.4 Å². The molecule has 4 aliphatic rings. The van der Waals surface area contributed by atoms with Gasteiger partial charge < -0.3 is 10.2 Å². The van der Waals surface area contributed by atoms with E-state index in [1.807, 2.05) is 11.9 Å². The van der Waals surface area contributed by atoms with Gasteiger partial charge in [-0.25, -0.2) is 0 Å². The van der Waals surface area contributed by atoms with Crippen molar-refractivity contribution >= 4 is 17.5 Å². The van der Waals surface area contributed by atoms with Crippen molar-refractivity contribution in [2.24, 2.45) is 34.5 Å². The summed E-state index contributed by atoms with van der Waals surface area (Å²) in [6.45, 7) is 7.08. The molecule has 6 atom stereocenters. The molecule has 1 N–H and O–H groups in total. The summed E-state index contributed by atoms with van der Waals surface area (Å²) in [5, 5.41) is 2.96. The molecule has 2 amide bonds. The van der Waals surface area contributed by atoms with Crippen molar-refractivity contribution in [1.29, 1.82) is 0 Å². The van der Waals surface area contributed by atoms with Crippen LogP contribution in [0, 0.1) is 34.5 Å². The molecule has 3 fully saturated rings. The number of allylic oxidation sites excluding steroid dienone is 2. The molecule has 5 heteroatoms. The van der Waals surface area contributed by atoms with Gasteiger partial charge in [0.15, 0.2) is 0 Å². The molecule has 2 heterocycles. The molecule has 0 aromatic carbocycles. The van der Waals surface area contributed by atoms with Crippen LogP contribution < -0.4 is 5.32 Å². The minimum Gasteiger partial charge on any atom is -0.325 e. The first-order valence-corrected chi connectivity index (χ1v) is 11.9. The number of amides is 2. The first-order chi connectivity index (χ1) is 14.7. The van der Waals surface area contributed by atoms with Crippen LogP contribution in [0.4, 0.5) is 5.69 Å². The molecule has 2 saturated carbocycles. The Labute approximate surface area is 185 Å². The van der Waals surface area contributed by atoms with Gasteiger partial charge >= 0.3 is 0 Å². The third kappa shape index (κ3) is 3.07. The van der Waals surface area contributed by atoms with E-state index in [4.69, 9.17) is 0 Å². The van der Waals surface area contributed by atoms with E-state index in [2.05, 4.69) is 31.1 Å². The zero-order valence-electron chi connectivity index (χ0n) is 19.3. The molecule has 1 aliphatic heterocycles. The summed E-state index contributed by atoms with van der Waals surface area (Å²) in [5.41, 5.74) is 3.62. The number of hydrogen-bond donors (Lipinski definition) is 1. The predicted octanol–water partition coefficient (Wildman–Crippen LogP) is 5.02. The summed E-state index contributed by atoms with van der Waals surface area (Å²) in [6.07, 6.45) is 11.6. The van der Waals surface area contributed by atoms with Crippen molar-refractivity contribution in [3.8, 4) is 0 Å². The molecule has 1 saturated heterocycles. The zero-order valence-corrected chi connectivity index (χ0v) is 19.3. The number of nitrogens with zero attached hydrogens (tertiary/aromatic N) is 2. The second-order valence-electron chi connectivity index (χ2n) is 11.1. The number of rotatable bonds is 2. The van der Waals surface area contributed by atoms with Crippen LogP contribution >= 0.6 is 0 Å². The van der Waals surface area contributed by atoms with Crippen molar-refractivity contribution in [3.05, 3.63) is 35.8 Å². The fraction of sp³-hybridized carbons (Fsp3) is 0.654. The van der Waals surface area contributed by atoms with Gasteiger partial charge in [0.05, 0.1) is 0 Å². The maximum atomic E-state index is 13.3. The molecule has 1 aromatic rings.